The van der Waals surface area contributed by atoms with Crippen LogP contribution >= 0.6 is 22.7 Å². The first-order chi connectivity index (χ1) is 23.6. The number of phenols is 2. The van der Waals surface area contributed by atoms with Crippen molar-refractivity contribution in [3.05, 3.63) is 94.7 Å². The maximum Gasteiger partial charge on any atom is 0.163 e. The Morgan fingerprint density at radius 1 is 0.583 bits per heavy atom. The molecule has 8 heteroatoms. The monoisotopic (exact) mass is 680 g/mol. The highest BCUT2D eigenvalue weighted by molar-refractivity contribution is 7.13. The fraction of sp³-hybridized carbons (Fsp3) is 0.300. The lowest BCUT2D eigenvalue weighted by Gasteiger charge is -2.15. The first-order valence-electron chi connectivity index (χ1n) is 16.8. The van der Waals surface area contributed by atoms with Crippen LogP contribution in [0.3, 0.4) is 0 Å². The summed E-state index contributed by atoms with van der Waals surface area (Å²) in [6.07, 6.45) is 12.1. The van der Waals surface area contributed by atoms with Crippen LogP contribution in [0.15, 0.2) is 93.5 Å². The molecular weight excluding hydrogens is 637 g/mol. The van der Waals surface area contributed by atoms with E-state index in [1.165, 1.54) is 12.8 Å². The van der Waals surface area contributed by atoms with E-state index in [1.807, 2.05) is 59.3 Å². The van der Waals surface area contributed by atoms with E-state index in [9.17, 15) is 10.2 Å². The van der Waals surface area contributed by atoms with Gasteiger partial charge in [-0.05, 0) is 83.3 Å². The molecule has 5 aromatic rings. The second kappa shape index (κ2) is 18.2. The zero-order chi connectivity index (χ0) is 33.6. The number of benzene rings is 3. The summed E-state index contributed by atoms with van der Waals surface area (Å²) in [6, 6.07) is 22.9. The molecule has 0 saturated heterocycles. The minimum absolute atomic E-state index is 0.138. The van der Waals surface area contributed by atoms with Gasteiger partial charge in [0.1, 0.15) is 11.5 Å². The smallest absolute Gasteiger partial charge is 0.163 e. The molecule has 0 bridgehead atoms. The van der Waals surface area contributed by atoms with Crippen molar-refractivity contribution in [2.45, 2.75) is 65.2 Å². The van der Waals surface area contributed by atoms with E-state index in [0.29, 0.717) is 47.2 Å². The number of ether oxygens (including phenoxy) is 2. The third-order valence-electron chi connectivity index (χ3n) is 7.90. The Bertz CT molecular complexity index is 1650. The van der Waals surface area contributed by atoms with Gasteiger partial charge in [-0.15, -0.1) is 22.7 Å². The highest BCUT2D eigenvalue weighted by Gasteiger charge is 2.14. The van der Waals surface area contributed by atoms with Gasteiger partial charge in [0.2, 0.25) is 0 Å². The number of aromatic hydroxyl groups is 2. The van der Waals surface area contributed by atoms with Crippen molar-refractivity contribution >= 4 is 46.5 Å². The number of nitrogens with zero attached hydrogens (tertiary/aromatic N) is 2. The van der Waals surface area contributed by atoms with Crippen LogP contribution in [0.2, 0.25) is 0 Å². The second-order valence-electron chi connectivity index (χ2n) is 11.6. The molecule has 2 N–H and O–H groups in total. The predicted octanol–water partition coefficient (Wildman–Crippen LogP) is 12.0. The molecule has 48 heavy (non-hydrogen) atoms. The van der Waals surface area contributed by atoms with Crippen molar-refractivity contribution in [2.75, 3.05) is 13.2 Å². The van der Waals surface area contributed by atoms with Gasteiger partial charge in [-0.25, -0.2) is 0 Å². The first-order valence-corrected chi connectivity index (χ1v) is 18.6. The van der Waals surface area contributed by atoms with Crippen LogP contribution in [-0.2, 0) is 0 Å². The lowest BCUT2D eigenvalue weighted by atomic mass is 10.1. The summed E-state index contributed by atoms with van der Waals surface area (Å²) in [5, 5.41) is 25.5. The maximum atomic E-state index is 10.7. The number of unbranched alkanes of at least 4 members (excludes halogenated alkanes) is 6. The Morgan fingerprint density at radius 3 is 1.44 bits per heavy atom. The Balaban J connectivity index is 1.52. The third-order valence-corrected chi connectivity index (χ3v) is 9.74. The van der Waals surface area contributed by atoms with Crippen LogP contribution in [0.1, 0.15) is 76.3 Å². The molecule has 6 nitrogen and oxygen atoms in total. The number of hydrogen-bond acceptors (Lipinski definition) is 8. The van der Waals surface area contributed by atoms with Gasteiger partial charge < -0.3 is 19.7 Å². The van der Waals surface area contributed by atoms with Gasteiger partial charge in [0, 0.05) is 45.4 Å². The molecule has 0 fully saturated rings. The van der Waals surface area contributed by atoms with Crippen molar-refractivity contribution in [2.24, 2.45) is 9.98 Å². The standard InChI is InChI=1S/C40H44N2O4S2/c1-3-5-7-9-19-45-37-25-33(41-27-31-23-29(15-17-35(31)43)39-13-11-21-47-39)34(26-38(37)46-20-10-8-6-4-2)42-28-32-24-30(16-18-36(32)44)40-14-12-22-48-40/h11-18,21-28,43-44H,3-10,19-20H2,1-2H3. The van der Waals surface area contributed by atoms with Gasteiger partial charge >= 0.3 is 0 Å². The number of rotatable bonds is 18. The maximum absolute atomic E-state index is 10.7. The molecule has 3 aromatic carbocycles. The van der Waals surface area contributed by atoms with Gasteiger partial charge in [-0.3, -0.25) is 9.98 Å². The molecule has 0 amide bonds. The Labute approximate surface area is 292 Å². The summed E-state index contributed by atoms with van der Waals surface area (Å²) in [6.45, 7) is 5.54. The molecule has 0 aliphatic rings. The molecule has 0 atom stereocenters. The molecule has 0 aliphatic carbocycles. The van der Waals surface area contributed by atoms with Gasteiger partial charge in [0.05, 0.1) is 24.6 Å². The summed E-state index contributed by atoms with van der Waals surface area (Å²) in [5.41, 5.74) is 4.31. The molecule has 0 aliphatic heterocycles. The Kier molecular flexibility index (Phi) is 13.3. The SMILES string of the molecule is CCCCCCOc1cc(N=Cc2cc(-c3cccs3)ccc2O)c(N=Cc2cc(-c3cccs3)ccc2O)cc1OCCCCCC. The normalized spacial score (nSPS) is 11.5. The second-order valence-corrected chi connectivity index (χ2v) is 13.5. The lowest BCUT2D eigenvalue weighted by molar-refractivity contribution is 0.259. The van der Waals surface area contributed by atoms with Crippen LogP contribution in [0.4, 0.5) is 11.4 Å². The Hall–Kier alpha value is -4.40. The minimum Gasteiger partial charge on any atom is -0.507 e. The number of hydrogen-bond donors (Lipinski definition) is 2. The summed E-state index contributed by atoms with van der Waals surface area (Å²) < 4.78 is 12.6. The summed E-state index contributed by atoms with van der Waals surface area (Å²) >= 11 is 3.29. The molecule has 2 aromatic heterocycles. The molecular formula is C40H44N2O4S2. The van der Waals surface area contributed by atoms with E-state index in [-0.39, 0.29) is 11.5 Å². The van der Waals surface area contributed by atoms with Gasteiger partial charge in [0.25, 0.3) is 0 Å². The zero-order valence-electron chi connectivity index (χ0n) is 27.7. The average Bonchev–Trinajstić information content (AvgIpc) is 3.84. The van der Waals surface area contributed by atoms with E-state index >= 15 is 0 Å². The lowest BCUT2D eigenvalue weighted by Crippen LogP contribution is -2.03. The molecule has 0 radical (unpaired) electrons. The van der Waals surface area contributed by atoms with E-state index < -0.39 is 0 Å². The van der Waals surface area contributed by atoms with Crippen LogP contribution in [0.25, 0.3) is 20.9 Å². The highest BCUT2D eigenvalue weighted by atomic mass is 32.1. The Morgan fingerprint density at radius 2 is 1.04 bits per heavy atom. The van der Waals surface area contributed by atoms with Gasteiger partial charge in [0.15, 0.2) is 11.5 Å². The molecule has 2 heterocycles. The van der Waals surface area contributed by atoms with Crippen molar-refractivity contribution < 1.29 is 19.7 Å². The van der Waals surface area contributed by atoms with Crippen molar-refractivity contribution in [1.82, 2.24) is 0 Å². The topological polar surface area (TPSA) is 83.6 Å². The fourth-order valence-corrected chi connectivity index (χ4v) is 6.63. The number of phenolic OH excluding ortho intramolecular Hbond substituents is 2. The van der Waals surface area contributed by atoms with Gasteiger partial charge in [-0.1, -0.05) is 64.5 Å². The van der Waals surface area contributed by atoms with Crippen LogP contribution in [0.5, 0.6) is 23.0 Å². The average molecular weight is 681 g/mol. The third kappa shape index (κ3) is 9.81. The summed E-state index contributed by atoms with van der Waals surface area (Å²) in [4.78, 5) is 11.9. The van der Waals surface area contributed by atoms with Crippen LogP contribution < -0.4 is 9.47 Å². The number of thiophene rings is 2. The van der Waals surface area contributed by atoms with Crippen molar-refractivity contribution in [1.29, 1.82) is 0 Å². The van der Waals surface area contributed by atoms with Crippen LogP contribution in [-0.4, -0.2) is 35.9 Å². The fourth-order valence-electron chi connectivity index (χ4n) is 5.18. The molecule has 250 valence electrons. The highest BCUT2D eigenvalue weighted by Crippen LogP contribution is 2.41. The summed E-state index contributed by atoms with van der Waals surface area (Å²) in [7, 11) is 0. The van der Waals surface area contributed by atoms with Gasteiger partial charge in [-0.2, -0.15) is 0 Å². The van der Waals surface area contributed by atoms with Crippen molar-refractivity contribution in [3.8, 4) is 43.9 Å². The van der Waals surface area contributed by atoms with E-state index in [0.717, 1.165) is 59.4 Å². The summed E-state index contributed by atoms with van der Waals surface area (Å²) in [5.74, 6) is 1.51. The number of aliphatic imine (C=N–C) groups is 2. The largest absolute Gasteiger partial charge is 0.507 e. The first kappa shape index (κ1) is 34.9. The zero-order valence-corrected chi connectivity index (χ0v) is 29.4. The minimum atomic E-state index is 0.138. The molecule has 0 saturated carbocycles. The van der Waals surface area contributed by atoms with Crippen LogP contribution in [0, 0.1) is 0 Å². The molecule has 5 rings (SSSR count). The predicted molar refractivity (Wildman–Crippen MR) is 203 cm³/mol. The quantitative estimate of drug-likeness (QED) is 0.0712. The van der Waals surface area contributed by atoms with Crippen molar-refractivity contribution in [3.63, 3.8) is 0 Å². The molecule has 0 unspecified atom stereocenters. The van der Waals surface area contributed by atoms with E-state index in [4.69, 9.17) is 19.5 Å². The van der Waals surface area contributed by atoms with E-state index in [2.05, 4.69) is 26.0 Å². The van der Waals surface area contributed by atoms with E-state index in [1.54, 1.807) is 47.2 Å². The molecule has 0 spiro atoms.